The lowest BCUT2D eigenvalue weighted by Crippen LogP contribution is -2.09. The number of fused-ring (bicyclic) bond motifs is 1. The fraction of sp³-hybridized carbons (Fsp3) is 0.250. The van der Waals surface area contributed by atoms with Gasteiger partial charge in [0.1, 0.15) is 0 Å². The van der Waals surface area contributed by atoms with E-state index < -0.39 is 0 Å². The average molecular weight is 201 g/mol. The monoisotopic (exact) mass is 201 g/mol. The van der Waals surface area contributed by atoms with Crippen molar-refractivity contribution in [2.45, 2.75) is 20.3 Å². The average Bonchev–Trinajstić information content (AvgIpc) is 2.44. The van der Waals surface area contributed by atoms with Crippen molar-refractivity contribution in [1.29, 1.82) is 0 Å². The topological polar surface area (TPSA) is 46.5 Å². The van der Waals surface area contributed by atoms with Gasteiger partial charge in [-0.2, -0.15) is 0 Å². The van der Waals surface area contributed by atoms with E-state index in [9.17, 15) is 9.59 Å². The first kappa shape index (κ1) is 9.77. The van der Waals surface area contributed by atoms with Crippen LogP contribution in [0.15, 0.2) is 23.2 Å². The van der Waals surface area contributed by atoms with Crippen molar-refractivity contribution >= 4 is 17.4 Å². The fourth-order valence-electron chi connectivity index (χ4n) is 1.75. The van der Waals surface area contributed by atoms with Crippen LogP contribution in [-0.4, -0.2) is 17.4 Å². The second-order valence-corrected chi connectivity index (χ2v) is 3.74. The van der Waals surface area contributed by atoms with E-state index in [4.69, 9.17) is 0 Å². The molecule has 3 heteroatoms. The molecule has 1 aromatic carbocycles. The maximum absolute atomic E-state index is 11.8. The van der Waals surface area contributed by atoms with Crippen molar-refractivity contribution in [3.63, 3.8) is 0 Å². The molecule has 1 aliphatic carbocycles. The largest absolute Gasteiger partial charge is 0.287 e. The highest BCUT2D eigenvalue weighted by Crippen LogP contribution is 2.21. The highest BCUT2D eigenvalue weighted by Gasteiger charge is 2.26. The first-order chi connectivity index (χ1) is 7.08. The lowest BCUT2D eigenvalue weighted by atomic mass is 10.1. The van der Waals surface area contributed by atoms with Crippen LogP contribution in [0.4, 0.5) is 0 Å². The second-order valence-electron chi connectivity index (χ2n) is 3.74. The van der Waals surface area contributed by atoms with Gasteiger partial charge >= 0.3 is 0 Å². The van der Waals surface area contributed by atoms with Crippen LogP contribution >= 0.6 is 0 Å². The summed E-state index contributed by atoms with van der Waals surface area (Å²) in [6.45, 7) is 3.29. The number of aryl methyl sites for hydroxylation is 1. The predicted octanol–water partition coefficient (Wildman–Crippen LogP) is 1.72. The summed E-state index contributed by atoms with van der Waals surface area (Å²) in [4.78, 5) is 26.4. The summed E-state index contributed by atoms with van der Waals surface area (Å²) < 4.78 is 0. The molecule has 3 nitrogen and oxygen atoms in total. The number of carbonyl (C=O) groups is 2. The number of carbonyl (C=O) groups excluding carboxylic acids is 2. The van der Waals surface area contributed by atoms with Crippen molar-refractivity contribution < 1.29 is 9.59 Å². The number of hydrogen-bond acceptors (Lipinski definition) is 2. The molecular formula is C12H11NO2. The van der Waals surface area contributed by atoms with Crippen LogP contribution in [0.2, 0.25) is 0 Å². The van der Waals surface area contributed by atoms with Gasteiger partial charge in [0.25, 0.3) is 0 Å². The van der Waals surface area contributed by atoms with Gasteiger partial charge in [0.2, 0.25) is 11.7 Å². The summed E-state index contributed by atoms with van der Waals surface area (Å²) in [5.41, 5.74) is 3.06. The number of amides is 1. The summed E-state index contributed by atoms with van der Waals surface area (Å²) in [7, 11) is 0. The number of ketones is 1. The molecule has 0 N–H and O–H groups in total. The van der Waals surface area contributed by atoms with E-state index in [0.717, 1.165) is 11.1 Å². The Labute approximate surface area is 87.8 Å². The van der Waals surface area contributed by atoms with E-state index in [0.29, 0.717) is 17.7 Å². The Kier molecular flexibility index (Phi) is 2.23. The van der Waals surface area contributed by atoms with Gasteiger partial charge in [0.15, 0.2) is 0 Å². The van der Waals surface area contributed by atoms with Gasteiger partial charge < -0.3 is 0 Å². The summed E-state index contributed by atoms with van der Waals surface area (Å²) in [5, 5.41) is 0. The number of rotatable bonds is 0. The van der Waals surface area contributed by atoms with Crippen molar-refractivity contribution in [2.75, 3.05) is 0 Å². The van der Waals surface area contributed by atoms with Crippen LogP contribution in [0.5, 0.6) is 0 Å². The van der Waals surface area contributed by atoms with Gasteiger partial charge in [-0.25, -0.2) is 4.99 Å². The minimum absolute atomic E-state index is 0.107. The van der Waals surface area contributed by atoms with Crippen LogP contribution in [0.1, 0.15) is 28.4 Å². The lowest BCUT2D eigenvalue weighted by Gasteiger charge is -1.96. The van der Waals surface area contributed by atoms with Crippen LogP contribution in [-0.2, 0) is 11.2 Å². The number of hydrogen-bond donors (Lipinski definition) is 0. The van der Waals surface area contributed by atoms with Gasteiger partial charge in [-0.1, -0.05) is 17.7 Å². The molecule has 0 saturated carbocycles. The molecule has 15 heavy (non-hydrogen) atoms. The molecule has 0 heterocycles. The van der Waals surface area contributed by atoms with Crippen molar-refractivity contribution in [3.8, 4) is 0 Å². The first-order valence-electron chi connectivity index (χ1n) is 4.80. The SMILES string of the molecule is CC(=O)N=C1Cc2ccc(C)cc2C1=O. The molecule has 0 spiro atoms. The molecule has 0 fully saturated rings. The van der Waals surface area contributed by atoms with Crippen LogP contribution in [0.25, 0.3) is 0 Å². The number of Topliss-reactive ketones (excluding diaryl/α,β-unsaturated/α-hetero) is 1. The zero-order chi connectivity index (χ0) is 11.0. The van der Waals surface area contributed by atoms with E-state index in [2.05, 4.69) is 4.99 Å². The maximum Gasteiger partial charge on any atom is 0.242 e. The zero-order valence-corrected chi connectivity index (χ0v) is 8.70. The van der Waals surface area contributed by atoms with Crippen molar-refractivity contribution in [2.24, 2.45) is 4.99 Å². The molecule has 1 amide bonds. The van der Waals surface area contributed by atoms with E-state index in [1.54, 1.807) is 0 Å². The third kappa shape index (κ3) is 1.73. The molecular weight excluding hydrogens is 190 g/mol. The van der Waals surface area contributed by atoms with Crippen LogP contribution < -0.4 is 0 Å². The minimum Gasteiger partial charge on any atom is -0.287 e. The Morgan fingerprint density at radius 2 is 2.13 bits per heavy atom. The Balaban J connectivity index is 2.46. The highest BCUT2D eigenvalue weighted by molar-refractivity contribution is 6.50. The number of benzene rings is 1. The Morgan fingerprint density at radius 3 is 2.80 bits per heavy atom. The molecule has 2 rings (SSSR count). The third-order valence-corrected chi connectivity index (χ3v) is 2.42. The molecule has 0 bridgehead atoms. The summed E-state index contributed by atoms with van der Waals surface area (Å²) in [5.74, 6) is -0.424. The molecule has 0 saturated heterocycles. The maximum atomic E-state index is 11.8. The smallest absolute Gasteiger partial charge is 0.242 e. The quantitative estimate of drug-likeness (QED) is 0.641. The van der Waals surface area contributed by atoms with E-state index in [1.807, 2.05) is 25.1 Å². The number of nitrogens with zero attached hydrogens (tertiary/aromatic N) is 1. The van der Waals surface area contributed by atoms with Crippen LogP contribution in [0, 0.1) is 6.92 Å². The molecule has 0 atom stereocenters. The normalized spacial score (nSPS) is 16.9. The molecule has 1 aromatic rings. The van der Waals surface area contributed by atoms with E-state index >= 15 is 0 Å². The van der Waals surface area contributed by atoms with Gasteiger partial charge in [0.05, 0.1) is 5.71 Å². The van der Waals surface area contributed by atoms with E-state index in [1.165, 1.54) is 6.92 Å². The van der Waals surface area contributed by atoms with Gasteiger partial charge in [-0.3, -0.25) is 9.59 Å². The zero-order valence-electron chi connectivity index (χ0n) is 8.70. The minimum atomic E-state index is -0.317. The van der Waals surface area contributed by atoms with E-state index in [-0.39, 0.29) is 11.7 Å². The van der Waals surface area contributed by atoms with Gasteiger partial charge in [-0.15, -0.1) is 0 Å². The fourth-order valence-corrected chi connectivity index (χ4v) is 1.75. The summed E-state index contributed by atoms with van der Waals surface area (Å²) in [6, 6.07) is 5.73. The van der Waals surface area contributed by atoms with Crippen molar-refractivity contribution in [1.82, 2.24) is 0 Å². The summed E-state index contributed by atoms with van der Waals surface area (Å²) >= 11 is 0. The van der Waals surface area contributed by atoms with Gasteiger partial charge in [0, 0.05) is 18.9 Å². The van der Waals surface area contributed by atoms with Crippen molar-refractivity contribution in [3.05, 3.63) is 34.9 Å². The molecule has 0 radical (unpaired) electrons. The molecule has 76 valence electrons. The Hall–Kier alpha value is -1.77. The van der Waals surface area contributed by atoms with Crippen LogP contribution in [0.3, 0.4) is 0 Å². The van der Waals surface area contributed by atoms with Gasteiger partial charge in [-0.05, 0) is 18.6 Å². The molecule has 0 aromatic heterocycles. The molecule has 1 aliphatic rings. The lowest BCUT2D eigenvalue weighted by molar-refractivity contribution is -0.115. The first-order valence-corrected chi connectivity index (χ1v) is 4.80. The Morgan fingerprint density at radius 1 is 1.40 bits per heavy atom. The Bertz CT molecular complexity index is 486. The second kappa shape index (κ2) is 3.42. The molecule has 0 aliphatic heterocycles. The number of aliphatic imine (C=N–C) groups is 1. The standard InChI is InChI=1S/C12H11NO2/c1-7-3-4-9-6-11(13-8(2)14)12(15)10(9)5-7/h3-5H,6H2,1-2H3. The third-order valence-electron chi connectivity index (χ3n) is 2.42. The predicted molar refractivity (Wildman–Crippen MR) is 57.3 cm³/mol. The highest BCUT2D eigenvalue weighted by atomic mass is 16.1. The molecule has 0 unspecified atom stereocenters. The summed E-state index contributed by atoms with van der Waals surface area (Å²) in [6.07, 6.45) is 0.480.